The first-order valence-corrected chi connectivity index (χ1v) is 6.82. The molecule has 4 nitrogen and oxygen atoms in total. The fourth-order valence-corrected chi connectivity index (χ4v) is 2.23. The van der Waals surface area contributed by atoms with E-state index in [1.165, 1.54) is 0 Å². The number of benzene rings is 2. The minimum absolute atomic E-state index is 0.262. The summed E-state index contributed by atoms with van der Waals surface area (Å²) in [4.78, 5) is 22.5. The molecule has 1 amide bonds. The van der Waals surface area contributed by atoms with Crippen molar-refractivity contribution in [1.82, 2.24) is 0 Å². The van der Waals surface area contributed by atoms with Crippen LogP contribution in [0.1, 0.15) is 12.8 Å². The quantitative estimate of drug-likeness (QED) is 0.857. The van der Waals surface area contributed by atoms with Gasteiger partial charge in [-0.2, -0.15) is 0 Å². The van der Waals surface area contributed by atoms with Crippen LogP contribution in [0.5, 0.6) is 0 Å². The van der Waals surface area contributed by atoms with Crippen molar-refractivity contribution < 1.29 is 14.3 Å². The first-order valence-electron chi connectivity index (χ1n) is 6.82. The fraction of sp³-hybridized carbons (Fsp3) is 0.176. The lowest BCUT2D eigenvalue weighted by atomic mass is 10.1. The molecule has 0 heterocycles. The second-order valence-corrected chi connectivity index (χ2v) is 5.11. The maximum absolute atomic E-state index is 12.0. The molecule has 0 bridgehead atoms. The molecule has 0 radical (unpaired) electrons. The summed E-state index contributed by atoms with van der Waals surface area (Å²) in [7, 11) is 0. The van der Waals surface area contributed by atoms with Gasteiger partial charge in [0.05, 0.1) is 0 Å². The summed E-state index contributed by atoms with van der Waals surface area (Å²) in [5.74, 6) is -0.262. The third-order valence-electron chi connectivity index (χ3n) is 3.64. The van der Waals surface area contributed by atoms with Crippen LogP contribution >= 0.6 is 0 Å². The highest BCUT2D eigenvalue weighted by Crippen LogP contribution is 2.40. The van der Waals surface area contributed by atoms with E-state index < -0.39 is 5.60 Å². The van der Waals surface area contributed by atoms with E-state index in [4.69, 9.17) is 4.74 Å². The summed E-state index contributed by atoms with van der Waals surface area (Å²) in [6.45, 7) is 0.338. The summed E-state index contributed by atoms with van der Waals surface area (Å²) < 4.78 is 4.87. The van der Waals surface area contributed by atoms with Crippen LogP contribution in [0, 0.1) is 0 Å². The third-order valence-corrected chi connectivity index (χ3v) is 3.64. The van der Waals surface area contributed by atoms with Gasteiger partial charge in [0.15, 0.2) is 5.60 Å². The predicted octanol–water partition coefficient (Wildman–Crippen LogP) is 3.00. The lowest BCUT2D eigenvalue weighted by molar-refractivity contribution is -0.144. The molecule has 1 saturated carbocycles. The number of carbonyl (C=O) groups excluding carboxylic acids is 2. The number of anilines is 1. The maximum atomic E-state index is 12.0. The van der Waals surface area contributed by atoms with E-state index in [1.807, 2.05) is 54.6 Å². The van der Waals surface area contributed by atoms with Gasteiger partial charge in [-0.1, -0.05) is 42.5 Å². The SMILES string of the molecule is O=COC1(C(=O)Nc2ccc(-c3ccccc3)cc2)CC1. The molecule has 2 aromatic rings. The number of hydrogen-bond donors (Lipinski definition) is 1. The maximum Gasteiger partial charge on any atom is 0.294 e. The topological polar surface area (TPSA) is 55.4 Å². The van der Waals surface area contributed by atoms with Crippen molar-refractivity contribution in [1.29, 1.82) is 0 Å². The summed E-state index contributed by atoms with van der Waals surface area (Å²) >= 11 is 0. The molecule has 1 aliphatic rings. The van der Waals surface area contributed by atoms with E-state index in [0.717, 1.165) is 11.1 Å². The summed E-state index contributed by atoms with van der Waals surface area (Å²) in [6, 6.07) is 17.6. The van der Waals surface area contributed by atoms with Gasteiger partial charge >= 0.3 is 0 Å². The largest absolute Gasteiger partial charge is 0.451 e. The highest BCUT2D eigenvalue weighted by atomic mass is 16.6. The van der Waals surface area contributed by atoms with Crippen molar-refractivity contribution in [2.24, 2.45) is 0 Å². The van der Waals surface area contributed by atoms with Gasteiger partial charge < -0.3 is 10.1 Å². The molecule has 0 aliphatic heterocycles. The normalized spacial score (nSPS) is 15.0. The van der Waals surface area contributed by atoms with Crippen molar-refractivity contribution in [3.05, 3.63) is 54.6 Å². The van der Waals surface area contributed by atoms with Crippen molar-refractivity contribution in [3.63, 3.8) is 0 Å². The highest BCUT2D eigenvalue weighted by molar-refractivity contribution is 6.00. The van der Waals surface area contributed by atoms with Gasteiger partial charge in [-0.3, -0.25) is 9.59 Å². The Bertz CT molecular complexity index is 645. The monoisotopic (exact) mass is 281 g/mol. The van der Waals surface area contributed by atoms with Crippen LogP contribution in [-0.4, -0.2) is 18.0 Å². The Labute approximate surface area is 122 Å². The van der Waals surface area contributed by atoms with Gasteiger partial charge in [0.1, 0.15) is 0 Å². The molecule has 1 fully saturated rings. The van der Waals surface area contributed by atoms with Gasteiger partial charge in [0.2, 0.25) is 0 Å². The van der Waals surface area contributed by atoms with Crippen LogP contribution in [0.15, 0.2) is 54.6 Å². The van der Waals surface area contributed by atoms with Crippen molar-refractivity contribution in [2.75, 3.05) is 5.32 Å². The first kappa shape index (κ1) is 13.4. The van der Waals surface area contributed by atoms with Crippen LogP contribution in [0.2, 0.25) is 0 Å². The number of carbonyl (C=O) groups is 2. The Morgan fingerprint density at radius 1 is 1.00 bits per heavy atom. The van der Waals surface area contributed by atoms with E-state index in [1.54, 1.807) is 0 Å². The standard InChI is InChI=1S/C17H15NO3/c19-12-21-17(10-11-17)16(20)18-15-8-6-14(7-9-15)13-4-2-1-3-5-13/h1-9,12H,10-11H2,(H,18,20). The number of amides is 1. The highest BCUT2D eigenvalue weighted by Gasteiger charge is 2.52. The molecule has 3 rings (SSSR count). The molecule has 0 saturated heterocycles. The predicted molar refractivity (Wildman–Crippen MR) is 79.6 cm³/mol. The number of rotatable bonds is 5. The molecule has 106 valence electrons. The lowest BCUT2D eigenvalue weighted by Crippen LogP contribution is -2.32. The number of hydrogen-bond acceptors (Lipinski definition) is 3. The summed E-state index contributed by atoms with van der Waals surface area (Å²) in [5, 5.41) is 2.79. The molecular formula is C17H15NO3. The molecular weight excluding hydrogens is 266 g/mol. The van der Waals surface area contributed by atoms with Crippen LogP contribution in [0.25, 0.3) is 11.1 Å². The Morgan fingerprint density at radius 3 is 2.19 bits per heavy atom. The molecule has 0 unspecified atom stereocenters. The fourth-order valence-electron chi connectivity index (χ4n) is 2.23. The van der Waals surface area contributed by atoms with E-state index in [2.05, 4.69) is 5.32 Å². The molecule has 1 N–H and O–H groups in total. The number of nitrogens with one attached hydrogen (secondary N) is 1. The van der Waals surface area contributed by atoms with Gasteiger partial charge in [0, 0.05) is 18.5 Å². The minimum atomic E-state index is -0.945. The first-order chi connectivity index (χ1) is 10.2. The Morgan fingerprint density at radius 2 is 1.62 bits per heavy atom. The van der Waals surface area contributed by atoms with Crippen LogP contribution < -0.4 is 5.32 Å². The van der Waals surface area contributed by atoms with Gasteiger partial charge in [-0.15, -0.1) is 0 Å². The smallest absolute Gasteiger partial charge is 0.294 e. The van der Waals surface area contributed by atoms with E-state index in [9.17, 15) is 9.59 Å². The van der Waals surface area contributed by atoms with Crippen molar-refractivity contribution in [2.45, 2.75) is 18.4 Å². The molecule has 1 aliphatic carbocycles. The van der Waals surface area contributed by atoms with Crippen molar-refractivity contribution in [3.8, 4) is 11.1 Å². The zero-order chi connectivity index (χ0) is 14.7. The van der Waals surface area contributed by atoms with E-state index in [0.29, 0.717) is 25.0 Å². The molecule has 0 atom stereocenters. The molecule has 0 spiro atoms. The Balaban J connectivity index is 1.71. The second-order valence-electron chi connectivity index (χ2n) is 5.11. The third kappa shape index (κ3) is 2.79. The van der Waals surface area contributed by atoms with Gasteiger partial charge in [-0.05, 0) is 23.3 Å². The Kier molecular flexibility index (Phi) is 3.44. The molecule has 4 heteroatoms. The molecule has 2 aromatic carbocycles. The lowest BCUT2D eigenvalue weighted by Gasteiger charge is -2.13. The van der Waals surface area contributed by atoms with E-state index >= 15 is 0 Å². The van der Waals surface area contributed by atoms with Crippen LogP contribution in [-0.2, 0) is 14.3 Å². The van der Waals surface area contributed by atoms with Crippen LogP contribution in [0.4, 0.5) is 5.69 Å². The minimum Gasteiger partial charge on any atom is -0.451 e. The zero-order valence-corrected chi connectivity index (χ0v) is 11.4. The Hall–Kier alpha value is -2.62. The molecule has 21 heavy (non-hydrogen) atoms. The van der Waals surface area contributed by atoms with Gasteiger partial charge in [-0.25, -0.2) is 0 Å². The van der Waals surface area contributed by atoms with Crippen molar-refractivity contribution >= 4 is 18.1 Å². The second kappa shape index (κ2) is 5.40. The summed E-state index contributed by atoms with van der Waals surface area (Å²) in [6.07, 6.45) is 1.17. The average molecular weight is 281 g/mol. The number of ether oxygens (including phenoxy) is 1. The zero-order valence-electron chi connectivity index (χ0n) is 11.4. The molecule has 0 aromatic heterocycles. The van der Waals surface area contributed by atoms with Gasteiger partial charge in [0.25, 0.3) is 12.4 Å². The average Bonchev–Trinajstić information content (AvgIpc) is 3.30. The van der Waals surface area contributed by atoms with E-state index in [-0.39, 0.29) is 5.91 Å². The summed E-state index contributed by atoms with van der Waals surface area (Å²) in [5.41, 5.74) is 1.96. The van der Waals surface area contributed by atoms with Crippen LogP contribution in [0.3, 0.4) is 0 Å².